The highest BCUT2D eigenvalue weighted by molar-refractivity contribution is 7.90. The van der Waals surface area contributed by atoms with E-state index in [2.05, 4.69) is 34.3 Å². The van der Waals surface area contributed by atoms with Crippen LogP contribution in [0.25, 0.3) is 10.1 Å². The highest BCUT2D eigenvalue weighted by Crippen LogP contribution is 2.39. The van der Waals surface area contributed by atoms with Gasteiger partial charge in [0, 0.05) is 38.2 Å². The summed E-state index contributed by atoms with van der Waals surface area (Å²) in [6, 6.07) is 6.84. The van der Waals surface area contributed by atoms with Crippen molar-refractivity contribution in [3.05, 3.63) is 46.6 Å². The Labute approximate surface area is 256 Å². The van der Waals surface area contributed by atoms with Gasteiger partial charge in [-0.2, -0.15) is 13.2 Å². The fourth-order valence-corrected chi connectivity index (χ4v) is 7.18. The van der Waals surface area contributed by atoms with Gasteiger partial charge in [-0.25, -0.2) is 21.9 Å². The summed E-state index contributed by atoms with van der Waals surface area (Å²) in [5.41, 5.74) is 0.646. The molecule has 2 aromatic carbocycles. The molecule has 15 heteroatoms. The molecule has 0 radical (unpaired) electrons. The Balaban J connectivity index is 1.60. The van der Waals surface area contributed by atoms with Crippen molar-refractivity contribution in [1.29, 1.82) is 0 Å². The molecule has 1 aliphatic heterocycles. The van der Waals surface area contributed by atoms with Crippen molar-refractivity contribution in [1.82, 2.24) is 9.62 Å². The van der Waals surface area contributed by atoms with Crippen molar-refractivity contribution in [2.24, 2.45) is 0 Å². The predicted octanol–water partition coefficient (Wildman–Crippen LogP) is 5.64. The number of alkyl halides is 4. The molecule has 0 saturated carbocycles. The number of rotatable bonds is 10. The summed E-state index contributed by atoms with van der Waals surface area (Å²) >= 11 is 1.14. The highest BCUT2D eigenvalue weighted by Gasteiger charge is 2.31. The Morgan fingerprint density at radius 1 is 1.18 bits per heavy atom. The van der Waals surface area contributed by atoms with Gasteiger partial charge in [-0.05, 0) is 36.4 Å². The molecule has 1 fully saturated rings. The molecule has 2 heterocycles. The fourth-order valence-electron chi connectivity index (χ4n) is 4.94. The molecule has 8 nitrogen and oxygen atoms in total. The van der Waals surface area contributed by atoms with Gasteiger partial charge in [0.2, 0.25) is 12.8 Å². The zero-order valence-electron chi connectivity index (χ0n) is 23.9. The molecule has 1 amide bonds. The summed E-state index contributed by atoms with van der Waals surface area (Å²) in [6.07, 6.45) is -3.82. The minimum atomic E-state index is -4.59. The number of amides is 1. The van der Waals surface area contributed by atoms with Gasteiger partial charge in [0.05, 0.1) is 33.9 Å². The SMILES string of the molecule is CCN1CCC(Nc2cccc3c(CC(F)(F)F)c(C#CCNc4cc(F)c(S(=O)(=O)NC(C)=O)cc4OCF)sc23)CC1. The number of carbonyl (C=O) groups is 1. The van der Waals surface area contributed by atoms with Gasteiger partial charge in [0.15, 0.2) is 0 Å². The third kappa shape index (κ3) is 8.30. The number of carbonyl (C=O) groups excluding carboxylic acids is 1. The Morgan fingerprint density at radius 3 is 2.55 bits per heavy atom. The number of halogens is 5. The van der Waals surface area contributed by atoms with E-state index in [1.165, 1.54) is 0 Å². The van der Waals surface area contributed by atoms with E-state index >= 15 is 0 Å². The minimum Gasteiger partial charge on any atom is -0.461 e. The van der Waals surface area contributed by atoms with Crippen molar-refractivity contribution < 1.29 is 39.9 Å². The van der Waals surface area contributed by atoms with Crippen LogP contribution in [0.5, 0.6) is 5.75 Å². The smallest absolute Gasteiger partial charge is 0.393 e. The van der Waals surface area contributed by atoms with Gasteiger partial charge < -0.3 is 20.3 Å². The molecule has 0 bridgehead atoms. The molecule has 1 saturated heterocycles. The maximum Gasteiger partial charge on any atom is 0.393 e. The van der Waals surface area contributed by atoms with E-state index in [1.54, 1.807) is 16.9 Å². The van der Waals surface area contributed by atoms with Gasteiger partial charge in [-0.1, -0.05) is 30.9 Å². The van der Waals surface area contributed by atoms with Gasteiger partial charge in [-0.15, -0.1) is 11.3 Å². The molecular formula is C29H31F5N4O4S2. The number of hydrogen-bond acceptors (Lipinski definition) is 8. The first-order chi connectivity index (χ1) is 20.8. The Bertz CT molecular complexity index is 1670. The topological polar surface area (TPSA) is 99.8 Å². The van der Waals surface area contributed by atoms with Crippen molar-refractivity contribution in [3.63, 3.8) is 0 Å². The maximum absolute atomic E-state index is 14.7. The number of nitrogens with one attached hydrogen (secondary N) is 3. The fraction of sp³-hybridized carbons (Fsp3) is 0.414. The van der Waals surface area contributed by atoms with E-state index in [1.807, 2.05) is 6.07 Å². The zero-order chi connectivity index (χ0) is 32.1. The monoisotopic (exact) mass is 658 g/mol. The van der Waals surface area contributed by atoms with E-state index in [-0.39, 0.29) is 34.5 Å². The number of likely N-dealkylation sites (tertiary alicyclic amines) is 1. The molecular weight excluding hydrogens is 627 g/mol. The summed E-state index contributed by atoms with van der Waals surface area (Å²) in [4.78, 5) is 12.8. The van der Waals surface area contributed by atoms with Crippen LogP contribution in [0.15, 0.2) is 35.2 Å². The molecule has 1 aromatic heterocycles. The van der Waals surface area contributed by atoms with Crippen LogP contribution in [-0.2, 0) is 21.2 Å². The number of fused-ring (bicyclic) bond motifs is 1. The third-order valence-corrected chi connectivity index (χ3v) is 9.62. The molecule has 0 aliphatic carbocycles. The largest absolute Gasteiger partial charge is 0.461 e. The van der Waals surface area contributed by atoms with Crippen LogP contribution in [0.2, 0.25) is 0 Å². The van der Waals surface area contributed by atoms with Crippen molar-refractivity contribution >= 4 is 48.7 Å². The molecule has 238 valence electrons. The van der Waals surface area contributed by atoms with Crippen LogP contribution in [-0.4, -0.2) is 64.5 Å². The van der Waals surface area contributed by atoms with Crippen molar-refractivity contribution in [3.8, 4) is 17.6 Å². The molecule has 1 aliphatic rings. The third-order valence-electron chi connectivity index (χ3n) is 6.97. The maximum atomic E-state index is 14.7. The summed E-state index contributed by atoms with van der Waals surface area (Å²) in [5, 5.41) is 6.64. The first-order valence-electron chi connectivity index (χ1n) is 13.7. The Kier molecular flexibility index (Phi) is 10.6. The van der Waals surface area contributed by atoms with E-state index in [4.69, 9.17) is 4.74 Å². The van der Waals surface area contributed by atoms with Gasteiger partial charge >= 0.3 is 6.18 Å². The normalized spacial score (nSPS) is 14.6. The minimum absolute atomic E-state index is 0.0504. The number of piperidine rings is 1. The second-order valence-corrected chi connectivity index (χ2v) is 12.8. The van der Waals surface area contributed by atoms with Gasteiger partial charge in [0.25, 0.3) is 10.0 Å². The van der Waals surface area contributed by atoms with Crippen LogP contribution in [0.4, 0.5) is 33.3 Å². The van der Waals surface area contributed by atoms with Crippen LogP contribution in [0, 0.1) is 17.7 Å². The van der Waals surface area contributed by atoms with E-state index in [9.17, 15) is 35.2 Å². The number of ether oxygens (including phenoxy) is 1. The summed E-state index contributed by atoms with van der Waals surface area (Å²) < 4.78 is 100. The van der Waals surface area contributed by atoms with Crippen molar-refractivity contribution in [2.45, 2.75) is 50.2 Å². The lowest BCUT2D eigenvalue weighted by Crippen LogP contribution is -2.38. The molecule has 3 aromatic rings. The summed E-state index contributed by atoms with van der Waals surface area (Å²) in [7, 11) is -4.59. The Hall–Kier alpha value is -3.61. The molecule has 0 unspecified atom stereocenters. The number of thiophene rings is 1. The number of benzene rings is 2. The van der Waals surface area contributed by atoms with Crippen LogP contribution < -0.4 is 20.1 Å². The molecule has 0 spiro atoms. The van der Waals surface area contributed by atoms with Crippen molar-refractivity contribution in [2.75, 3.05) is 43.7 Å². The second kappa shape index (κ2) is 14.0. The van der Waals surface area contributed by atoms with Gasteiger partial charge in [-0.3, -0.25) is 4.79 Å². The first kappa shape index (κ1) is 33.3. The average molecular weight is 659 g/mol. The molecule has 44 heavy (non-hydrogen) atoms. The Morgan fingerprint density at radius 2 is 1.91 bits per heavy atom. The van der Waals surface area contributed by atoms with Crippen LogP contribution in [0.3, 0.4) is 0 Å². The average Bonchev–Trinajstić information content (AvgIpc) is 3.28. The first-order valence-corrected chi connectivity index (χ1v) is 16.0. The quantitative estimate of drug-likeness (QED) is 0.192. The molecule has 3 N–H and O–H groups in total. The highest BCUT2D eigenvalue weighted by atomic mass is 32.2. The zero-order valence-corrected chi connectivity index (χ0v) is 25.5. The lowest BCUT2D eigenvalue weighted by atomic mass is 10.0. The summed E-state index contributed by atoms with van der Waals surface area (Å²) in [5.74, 6) is 2.92. The molecule has 4 rings (SSSR count). The lowest BCUT2D eigenvalue weighted by molar-refractivity contribution is -0.127. The molecule has 0 atom stereocenters. The second-order valence-electron chi connectivity index (χ2n) is 10.1. The number of anilines is 2. The summed E-state index contributed by atoms with van der Waals surface area (Å²) in [6.45, 7) is 4.28. The number of nitrogens with zero attached hydrogens (tertiary/aromatic N) is 1. The number of hydrogen-bond donors (Lipinski definition) is 3. The van der Waals surface area contributed by atoms with E-state index in [0.29, 0.717) is 16.2 Å². The lowest BCUT2D eigenvalue weighted by Gasteiger charge is -2.32. The standard InChI is InChI=1S/C29H31F5N4O4S2/c1-3-38-12-9-19(10-13-38)36-23-7-4-6-20-21(16-29(32,33)34)26(43-28(20)23)8-5-11-35-24-14-22(31)27(15-25(24)42-17-30)44(40,41)37-18(2)39/h4,6-7,14-15,19,35-36H,3,9-13,16-17H2,1-2H3,(H,37,39). The van der Waals surface area contributed by atoms with Crippen LogP contribution in [0.1, 0.15) is 37.1 Å². The van der Waals surface area contributed by atoms with E-state index < -0.39 is 46.1 Å². The van der Waals surface area contributed by atoms with Gasteiger partial charge in [0.1, 0.15) is 16.5 Å². The number of sulfonamides is 1. The van der Waals surface area contributed by atoms with E-state index in [0.717, 1.165) is 62.5 Å². The predicted molar refractivity (Wildman–Crippen MR) is 160 cm³/mol. The van der Waals surface area contributed by atoms with Crippen LogP contribution >= 0.6 is 11.3 Å².